The first-order valence-electron chi connectivity index (χ1n) is 6.14. The van der Waals surface area contributed by atoms with Gasteiger partial charge in [0, 0.05) is 0 Å². The molecule has 0 unspecified atom stereocenters. The molecule has 0 spiro atoms. The van der Waals surface area contributed by atoms with E-state index in [0.717, 1.165) is 0 Å². The normalized spacial score (nSPS) is 25.9. The molecule has 0 heterocycles. The van der Waals surface area contributed by atoms with Crippen LogP contribution in [-0.2, 0) is 4.79 Å². The fraction of sp³-hybridized carbons (Fsp3) is 0.385. The summed E-state index contributed by atoms with van der Waals surface area (Å²) in [4.78, 5) is 12.5. The standard InChI is InChI=1S/C13H15BrClN3O2/c1-7-5-13(6-7,11(16)18-20)12(19)17-9-4-2-3-8(15)10(9)14/h2-4,7,20H,5-6H2,1H3,(H2,16,18)(H,17,19). The highest BCUT2D eigenvalue weighted by atomic mass is 79.9. The van der Waals surface area contributed by atoms with Gasteiger partial charge in [0.05, 0.1) is 15.2 Å². The summed E-state index contributed by atoms with van der Waals surface area (Å²) < 4.78 is 0.608. The predicted molar refractivity (Wildman–Crippen MR) is 82.0 cm³/mol. The Morgan fingerprint density at radius 2 is 2.25 bits per heavy atom. The monoisotopic (exact) mass is 359 g/mol. The van der Waals surface area contributed by atoms with E-state index in [1.54, 1.807) is 18.2 Å². The van der Waals surface area contributed by atoms with Crippen molar-refractivity contribution in [3.63, 3.8) is 0 Å². The highest BCUT2D eigenvalue weighted by molar-refractivity contribution is 9.10. The zero-order valence-corrected chi connectivity index (χ0v) is 13.2. The van der Waals surface area contributed by atoms with E-state index >= 15 is 0 Å². The van der Waals surface area contributed by atoms with E-state index in [1.165, 1.54) is 0 Å². The van der Waals surface area contributed by atoms with Crippen molar-refractivity contribution in [1.29, 1.82) is 0 Å². The molecule has 1 fully saturated rings. The van der Waals surface area contributed by atoms with Gasteiger partial charge in [0.15, 0.2) is 5.84 Å². The van der Waals surface area contributed by atoms with Crippen LogP contribution in [0.25, 0.3) is 0 Å². The van der Waals surface area contributed by atoms with Crippen LogP contribution in [0.2, 0.25) is 5.02 Å². The van der Waals surface area contributed by atoms with Crippen LogP contribution < -0.4 is 11.1 Å². The van der Waals surface area contributed by atoms with Crippen molar-refractivity contribution in [1.82, 2.24) is 0 Å². The van der Waals surface area contributed by atoms with Crippen molar-refractivity contribution in [2.45, 2.75) is 19.8 Å². The molecule has 0 atom stereocenters. The number of hydrogen-bond acceptors (Lipinski definition) is 3. The van der Waals surface area contributed by atoms with Crippen LogP contribution in [0.5, 0.6) is 0 Å². The Balaban J connectivity index is 2.25. The SMILES string of the molecule is CC1CC(C(=O)Nc2cccc(Cl)c2Br)(/C(N)=N/O)C1. The van der Waals surface area contributed by atoms with Crippen LogP contribution in [0.1, 0.15) is 19.8 Å². The molecule has 0 saturated heterocycles. The number of hydrogen-bond donors (Lipinski definition) is 3. The lowest BCUT2D eigenvalue weighted by Gasteiger charge is -2.43. The molecule has 0 aromatic heterocycles. The third kappa shape index (κ3) is 2.50. The molecular weight excluding hydrogens is 346 g/mol. The Morgan fingerprint density at radius 1 is 1.60 bits per heavy atom. The van der Waals surface area contributed by atoms with Crippen molar-refractivity contribution in [3.8, 4) is 0 Å². The summed E-state index contributed by atoms with van der Waals surface area (Å²) in [5.74, 6) is 0.0315. The van der Waals surface area contributed by atoms with Crippen LogP contribution in [-0.4, -0.2) is 17.0 Å². The lowest BCUT2D eigenvalue weighted by atomic mass is 9.61. The van der Waals surface area contributed by atoms with E-state index in [0.29, 0.717) is 33.9 Å². The van der Waals surface area contributed by atoms with Gasteiger partial charge >= 0.3 is 0 Å². The van der Waals surface area contributed by atoms with E-state index in [-0.39, 0.29) is 11.7 Å². The van der Waals surface area contributed by atoms with Gasteiger partial charge in [-0.3, -0.25) is 4.79 Å². The average Bonchev–Trinajstić information content (AvgIpc) is 2.39. The molecule has 1 amide bonds. The van der Waals surface area contributed by atoms with Gasteiger partial charge in [0.1, 0.15) is 5.41 Å². The zero-order chi connectivity index (χ0) is 14.9. The largest absolute Gasteiger partial charge is 0.409 e. The Kier molecular flexibility index (Phi) is 4.25. The Hall–Kier alpha value is -1.27. The molecule has 0 aliphatic heterocycles. The first kappa shape index (κ1) is 15.1. The van der Waals surface area contributed by atoms with Gasteiger partial charge in [-0.05, 0) is 46.8 Å². The highest BCUT2D eigenvalue weighted by Crippen LogP contribution is 2.46. The Bertz CT molecular complexity index is 571. The highest BCUT2D eigenvalue weighted by Gasteiger charge is 2.52. The number of amides is 1. The first-order valence-corrected chi connectivity index (χ1v) is 7.31. The minimum absolute atomic E-state index is 0.0498. The molecule has 0 radical (unpaired) electrons. The number of nitrogens with two attached hydrogens (primary N) is 1. The van der Waals surface area contributed by atoms with Crippen molar-refractivity contribution in [2.75, 3.05) is 5.32 Å². The van der Waals surface area contributed by atoms with Crippen molar-refractivity contribution in [3.05, 3.63) is 27.7 Å². The van der Waals surface area contributed by atoms with Crippen LogP contribution >= 0.6 is 27.5 Å². The number of carbonyl (C=O) groups excluding carboxylic acids is 1. The molecule has 1 aromatic rings. The third-order valence-corrected chi connectivity index (χ3v) is 5.02. The fourth-order valence-corrected chi connectivity index (χ4v) is 3.12. The zero-order valence-electron chi connectivity index (χ0n) is 10.9. The van der Waals surface area contributed by atoms with Crippen LogP contribution in [0.4, 0.5) is 5.69 Å². The van der Waals surface area contributed by atoms with Gasteiger partial charge in [-0.2, -0.15) is 0 Å². The molecule has 2 rings (SSSR count). The number of nitrogens with zero attached hydrogens (tertiary/aromatic N) is 1. The van der Waals surface area contributed by atoms with Gasteiger partial charge in [-0.25, -0.2) is 0 Å². The van der Waals surface area contributed by atoms with E-state index < -0.39 is 5.41 Å². The molecule has 1 aliphatic carbocycles. The summed E-state index contributed by atoms with van der Waals surface area (Å²) in [6.07, 6.45) is 1.12. The number of halogens is 2. The number of amidine groups is 1. The number of oxime groups is 1. The van der Waals surface area contributed by atoms with Crippen molar-refractivity contribution < 1.29 is 10.0 Å². The molecule has 1 aromatic carbocycles. The summed E-state index contributed by atoms with van der Waals surface area (Å²) in [5, 5.41) is 15.2. The smallest absolute Gasteiger partial charge is 0.238 e. The number of carbonyl (C=O) groups is 1. The molecule has 0 bridgehead atoms. The van der Waals surface area contributed by atoms with Crippen LogP contribution in [0.3, 0.4) is 0 Å². The van der Waals surface area contributed by atoms with Gasteiger partial charge in [-0.1, -0.05) is 29.7 Å². The second kappa shape index (κ2) is 5.61. The molecular formula is C13H15BrClN3O2. The van der Waals surface area contributed by atoms with Gasteiger partial charge in [-0.15, -0.1) is 0 Å². The van der Waals surface area contributed by atoms with E-state index in [9.17, 15) is 4.79 Å². The summed E-state index contributed by atoms with van der Waals surface area (Å²) >= 11 is 9.31. The first-order chi connectivity index (χ1) is 9.40. The summed E-state index contributed by atoms with van der Waals surface area (Å²) in [6.45, 7) is 2.02. The molecule has 7 heteroatoms. The maximum absolute atomic E-state index is 12.5. The topological polar surface area (TPSA) is 87.7 Å². The minimum Gasteiger partial charge on any atom is -0.409 e. The van der Waals surface area contributed by atoms with Gasteiger partial charge in [0.2, 0.25) is 5.91 Å². The number of rotatable bonds is 3. The third-order valence-electron chi connectivity index (χ3n) is 3.63. The number of benzene rings is 1. The van der Waals surface area contributed by atoms with Crippen LogP contribution in [0.15, 0.2) is 27.8 Å². The summed E-state index contributed by atoms with van der Waals surface area (Å²) in [5.41, 5.74) is 5.33. The van der Waals surface area contributed by atoms with E-state index in [1.807, 2.05) is 6.92 Å². The molecule has 20 heavy (non-hydrogen) atoms. The van der Waals surface area contributed by atoms with Crippen LogP contribution in [0, 0.1) is 11.3 Å². The lowest BCUT2D eigenvalue weighted by Crippen LogP contribution is -2.54. The second-order valence-electron chi connectivity index (χ2n) is 5.14. The Labute approximate surface area is 130 Å². The number of nitrogens with one attached hydrogen (secondary N) is 1. The molecule has 108 valence electrons. The van der Waals surface area contributed by atoms with Gasteiger partial charge < -0.3 is 16.3 Å². The fourth-order valence-electron chi connectivity index (χ4n) is 2.58. The Morgan fingerprint density at radius 3 is 2.80 bits per heavy atom. The van der Waals surface area contributed by atoms with E-state index in [4.69, 9.17) is 22.5 Å². The van der Waals surface area contributed by atoms with Crippen molar-refractivity contribution >= 4 is 45.0 Å². The molecule has 4 N–H and O–H groups in total. The molecule has 5 nitrogen and oxygen atoms in total. The molecule has 1 aliphatic rings. The summed E-state index contributed by atoms with van der Waals surface area (Å²) in [6, 6.07) is 5.18. The second-order valence-corrected chi connectivity index (χ2v) is 6.34. The maximum atomic E-state index is 12.5. The van der Waals surface area contributed by atoms with Crippen molar-refractivity contribution in [2.24, 2.45) is 22.2 Å². The average molecular weight is 361 g/mol. The predicted octanol–water partition coefficient (Wildman–Crippen LogP) is 3.20. The lowest BCUT2D eigenvalue weighted by molar-refractivity contribution is -0.127. The quantitative estimate of drug-likeness (QED) is 0.335. The maximum Gasteiger partial charge on any atom is 0.238 e. The molecule has 1 saturated carbocycles. The van der Waals surface area contributed by atoms with E-state index in [2.05, 4.69) is 26.4 Å². The van der Waals surface area contributed by atoms with Gasteiger partial charge in [0.25, 0.3) is 0 Å². The summed E-state index contributed by atoms with van der Waals surface area (Å²) in [7, 11) is 0. The minimum atomic E-state index is -0.935. The number of anilines is 1.